The average molecular weight is 512 g/mol. The van der Waals surface area contributed by atoms with Gasteiger partial charge in [0, 0.05) is 50.3 Å². The van der Waals surface area contributed by atoms with Gasteiger partial charge < -0.3 is 15.4 Å². The van der Waals surface area contributed by atoms with Gasteiger partial charge in [-0.2, -0.15) is 4.31 Å². The highest BCUT2D eigenvalue weighted by Gasteiger charge is 2.31. The molecule has 0 radical (unpaired) electrons. The molecule has 1 saturated heterocycles. The minimum absolute atomic E-state index is 0.202. The second-order valence-electron chi connectivity index (χ2n) is 9.20. The minimum Gasteiger partial charge on any atom is -0.379 e. The Hall–Kier alpha value is -1.33. The van der Waals surface area contributed by atoms with E-state index in [4.69, 9.17) is 17.0 Å². The molecule has 1 saturated carbocycles. The van der Waals surface area contributed by atoms with Crippen LogP contribution in [0.2, 0.25) is 0 Å². The van der Waals surface area contributed by atoms with E-state index in [-0.39, 0.29) is 11.8 Å². The van der Waals surface area contributed by atoms with Gasteiger partial charge >= 0.3 is 0 Å². The van der Waals surface area contributed by atoms with E-state index < -0.39 is 10.0 Å². The summed E-state index contributed by atoms with van der Waals surface area (Å²) in [4.78, 5) is 6.37. The van der Waals surface area contributed by atoms with Crippen LogP contribution in [0.1, 0.15) is 57.8 Å². The molecule has 2 fully saturated rings. The largest absolute Gasteiger partial charge is 0.379 e. The van der Waals surface area contributed by atoms with Crippen LogP contribution in [-0.2, 0) is 14.8 Å². The lowest BCUT2D eigenvalue weighted by molar-refractivity contribution is 0.0366. The Morgan fingerprint density at radius 3 is 2.53 bits per heavy atom. The Morgan fingerprint density at radius 1 is 1.09 bits per heavy atom. The third-order valence-corrected chi connectivity index (χ3v) is 8.84. The normalized spacial score (nSPS) is 17.8. The quantitative estimate of drug-likeness (QED) is 0.291. The van der Waals surface area contributed by atoms with Gasteiger partial charge in [0.2, 0.25) is 10.0 Å². The number of thiocarbonyl (C=S) groups is 1. The molecule has 1 aromatic heterocycles. The summed E-state index contributed by atoms with van der Waals surface area (Å²) in [5.74, 6) is 0.260. The first-order valence-electron chi connectivity index (χ1n) is 12.8. The second kappa shape index (κ2) is 14.9. The molecule has 3 rings (SSSR count). The predicted octanol–water partition coefficient (Wildman–Crippen LogP) is 3.23. The lowest BCUT2D eigenvalue weighted by Gasteiger charge is -2.30. The van der Waals surface area contributed by atoms with Gasteiger partial charge in [-0.25, -0.2) is 8.42 Å². The van der Waals surface area contributed by atoms with Crippen molar-refractivity contribution in [3.8, 4) is 0 Å². The van der Waals surface area contributed by atoms with Crippen LogP contribution in [0.5, 0.6) is 0 Å². The average Bonchev–Trinajstić information content (AvgIpc) is 3.37. The molecule has 10 heteroatoms. The molecule has 2 heterocycles. The molecule has 0 spiro atoms. The van der Waals surface area contributed by atoms with Gasteiger partial charge in [-0.1, -0.05) is 25.7 Å². The van der Waals surface area contributed by atoms with Gasteiger partial charge in [0.05, 0.1) is 19.0 Å². The van der Waals surface area contributed by atoms with Crippen molar-refractivity contribution >= 4 is 33.0 Å². The summed E-state index contributed by atoms with van der Waals surface area (Å²) in [5.41, 5.74) is 0.912. The maximum atomic E-state index is 13.2. The standard InChI is InChI=1S/C24H41N5O3S2/c30-34(31,21-6-2-1-5-12-26-24(33)27-22-10-13-25-14-11-22)29(23-8-3-4-9-23)16-7-15-28-17-19-32-20-18-28/h10-11,13-14,23H,1-9,12,15-21H2,(H2,25,26,27,33). The van der Waals surface area contributed by atoms with Crippen LogP contribution < -0.4 is 10.6 Å². The van der Waals surface area contributed by atoms with Crippen molar-refractivity contribution in [3.05, 3.63) is 24.5 Å². The van der Waals surface area contributed by atoms with Gasteiger partial charge in [-0.3, -0.25) is 9.88 Å². The zero-order valence-electron chi connectivity index (χ0n) is 20.3. The molecule has 0 bridgehead atoms. The van der Waals surface area contributed by atoms with E-state index in [0.717, 1.165) is 96.4 Å². The number of sulfonamides is 1. The molecular weight excluding hydrogens is 470 g/mol. The SMILES string of the molecule is O=S(=O)(CCCCCCNC(=S)Nc1ccncc1)N(CCCN1CCOCC1)C1CCCC1. The number of anilines is 1. The number of morpholine rings is 1. The van der Waals surface area contributed by atoms with E-state index in [1.807, 2.05) is 16.4 Å². The number of nitrogens with one attached hydrogen (secondary N) is 2. The van der Waals surface area contributed by atoms with E-state index in [1.54, 1.807) is 12.4 Å². The number of hydrogen-bond donors (Lipinski definition) is 2. The van der Waals surface area contributed by atoms with Crippen LogP contribution in [-0.4, -0.2) is 85.5 Å². The van der Waals surface area contributed by atoms with Gasteiger partial charge in [0.15, 0.2) is 5.11 Å². The molecule has 0 amide bonds. The van der Waals surface area contributed by atoms with Crippen molar-refractivity contribution < 1.29 is 13.2 Å². The van der Waals surface area contributed by atoms with Crippen molar-refractivity contribution in [1.82, 2.24) is 19.5 Å². The third kappa shape index (κ3) is 9.73. The Bertz CT molecular complexity index is 813. The van der Waals surface area contributed by atoms with Gasteiger partial charge in [0.1, 0.15) is 0 Å². The van der Waals surface area contributed by atoms with E-state index in [1.165, 1.54) is 0 Å². The fourth-order valence-electron chi connectivity index (χ4n) is 4.71. The van der Waals surface area contributed by atoms with E-state index in [9.17, 15) is 8.42 Å². The number of ether oxygens (including phenoxy) is 1. The summed E-state index contributed by atoms with van der Waals surface area (Å²) in [5, 5.41) is 6.93. The highest BCUT2D eigenvalue weighted by molar-refractivity contribution is 7.89. The van der Waals surface area contributed by atoms with Crippen LogP contribution in [0.4, 0.5) is 5.69 Å². The summed E-state index contributed by atoms with van der Waals surface area (Å²) in [6.07, 6.45) is 12.2. The first kappa shape index (κ1) is 27.3. The van der Waals surface area contributed by atoms with Crippen molar-refractivity contribution in [2.45, 2.75) is 63.8 Å². The number of nitrogens with zero attached hydrogens (tertiary/aromatic N) is 3. The first-order chi connectivity index (χ1) is 16.5. The maximum absolute atomic E-state index is 13.2. The number of hydrogen-bond acceptors (Lipinski definition) is 6. The lowest BCUT2D eigenvalue weighted by Crippen LogP contribution is -2.43. The smallest absolute Gasteiger partial charge is 0.214 e. The summed E-state index contributed by atoms with van der Waals surface area (Å²) >= 11 is 5.31. The second-order valence-corrected chi connectivity index (χ2v) is 11.7. The molecule has 2 aliphatic rings. The number of aromatic nitrogens is 1. The predicted molar refractivity (Wildman–Crippen MR) is 142 cm³/mol. The summed E-state index contributed by atoms with van der Waals surface area (Å²) in [6, 6.07) is 3.94. The highest BCUT2D eigenvalue weighted by Crippen LogP contribution is 2.26. The van der Waals surface area contributed by atoms with E-state index in [0.29, 0.717) is 18.1 Å². The van der Waals surface area contributed by atoms with E-state index in [2.05, 4.69) is 20.5 Å². The molecular formula is C24H41N5O3S2. The Balaban J connectivity index is 1.32. The minimum atomic E-state index is -3.21. The summed E-state index contributed by atoms with van der Waals surface area (Å²) < 4.78 is 33.7. The Kier molecular flexibility index (Phi) is 12.0. The molecule has 0 atom stereocenters. The van der Waals surface area contributed by atoms with Crippen LogP contribution in [0.3, 0.4) is 0 Å². The molecule has 8 nitrogen and oxygen atoms in total. The Morgan fingerprint density at radius 2 is 1.79 bits per heavy atom. The molecule has 0 unspecified atom stereocenters. The molecule has 0 aromatic carbocycles. The molecule has 1 aromatic rings. The van der Waals surface area contributed by atoms with Gasteiger partial charge in [-0.15, -0.1) is 0 Å². The van der Waals surface area contributed by atoms with Crippen molar-refractivity contribution in [3.63, 3.8) is 0 Å². The van der Waals surface area contributed by atoms with Crippen LogP contribution >= 0.6 is 12.2 Å². The maximum Gasteiger partial charge on any atom is 0.214 e. The molecule has 1 aliphatic carbocycles. The molecule has 34 heavy (non-hydrogen) atoms. The fraction of sp³-hybridized carbons (Fsp3) is 0.750. The first-order valence-corrected chi connectivity index (χ1v) is 14.8. The highest BCUT2D eigenvalue weighted by atomic mass is 32.2. The number of rotatable bonds is 14. The summed E-state index contributed by atoms with van der Waals surface area (Å²) in [6.45, 7) is 5.86. The van der Waals surface area contributed by atoms with Crippen molar-refractivity contribution in [2.75, 3.05) is 57.0 Å². The zero-order valence-corrected chi connectivity index (χ0v) is 21.9. The van der Waals surface area contributed by atoms with Gasteiger partial charge in [-0.05, 0) is 63.0 Å². The van der Waals surface area contributed by atoms with Crippen LogP contribution in [0.25, 0.3) is 0 Å². The third-order valence-electron chi connectivity index (χ3n) is 6.60. The topological polar surface area (TPSA) is 86.8 Å². The van der Waals surface area contributed by atoms with Crippen molar-refractivity contribution in [2.24, 2.45) is 0 Å². The monoisotopic (exact) mass is 511 g/mol. The Labute approximate surface area is 210 Å². The molecule has 1 aliphatic heterocycles. The molecule has 2 N–H and O–H groups in total. The van der Waals surface area contributed by atoms with Crippen molar-refractivity contribution in [1.29, 1.82) is 0 Å². The van der Waals surface area contributed by atoms with E-state index >= 15 is 0 Å². The number of pyridine rings is 1. The van der Waals surface area contributed by atoms with Gasteiger partial charge in [0.25, 0.3) is 0 Å². The lowest BCUT2D eigenvalue weighted by atomic mass is 10.2. The summed E-state index contributed by atoms with van der Waals surface area (Å²) in [7, 11) is -3.21. The van der Waals surface area contributed by atoms with Crippen LogP contribution in [0, 0.1) is 0 Å². The zero-order chi connectivity index (χ0) is 24.1. The van der Waals surface area contributed by atoms with Crippen LogP contribution in [0.15, 0.2) is 24.5 Å². The number of unbranched alkanes of at least 4 members (excludes halogenated alkanes) is 3. The molecule has 192 valence electrons. The fourth-order valence-corrected chi connectivity index (χ4v) is 6.80.